The van der Waals surface area contributed by atoms with Crippen molar-refractivity contribution >= 4 is 5.97 Å². The average Bonchev–Trinajstić information content (AvgIpc) is 3.31. The van der Waals surface area contributed by atoms with E-state index in [1.54, 1.807) is 0 Å². The van der Waals surface area contributed by atoms with Gasteiger partial charge in [-0.1, -0.05) is 26.0 Å². The Balaban J connectivity index is 1.31. The lowest BCUT2D eigenvalue weighted by atomic mass is 9.41. The molecule has 7 aliphatic rings. The first-order valence-corrected chi connectivity index (χ1v) is 15.6. The average molecular weight is 567 g/mol. The van der Waals surface area contributed by atoms with Crippen molar-refractivity contribution in [3.8, 4) is 0 Å². The standard InChI is InChI=1S/C33H46N2O6/c1-7-24-19(2)27(20(3)34-24)28(37)40-21(4)23-10-11-32-25-9-8-22-16-31(38)13-12-29(22,5)33(25,41-31)26(36)17-30(23,32)18-35(6)14-15-39-32/h9-10,21-22,26,34,36,38H,7-8,11-18H2,1-6H3/t21?,22-,26?,29+,30?,31+,32+,33?/m1/s1. The summed E-state index contributed by atoms with van der Waals surface area (Å²) < 4.78 is 20.0. The molecule has 1 spiro atoms. The van der Waals surface area contributed by atoms with Gasteiger partial charge < -0.3 is 34.3 Å². The molecule has 8 nitrogen and oxygen atoms in total. The van der Waals surface area contributed by atoms with Crippen LogP contribution in [0.4, 0.5) is 0 Å². The van der Waals surface area contributed by atoms with Crippen LogP contribution in [0.1, 0.15) is 86.6 Å². The quantitative estimate of drug-likeness (QED) is 0.372. The van der Waals surface area contributed by atoms with E-state index in [0.29, 0.717) is 44.4 Å². The Morgan fingerprint density at radius 2 is 2.05 bits per heavy atom. The minimum absolute atomic E-state index is 0.250. The zero-order valence-corrected chi connectivity index (χ0v) is 25.4. The molecule has 3 aliphatic heterocycles. The van der Waals surface area contributed by atoms with Crippen molar-refractivity contribution < 1.29 is 29.2 Å². The third-order valence-corrected chi connectivity index (χ3v) is 12.3. The second-order valence-electron chi connectivity index (χ2n) is 14.2. The van der Waals surface area contributed by atoms with Crippen LogP contribution < -0.4 is 0 Å². The van der Waals surface area contributed by atoms with Crippen LogP contribution in [0, 0.1) is 30.6 Å². The molecule has 0 aromatic carbocycles. The third kappa shape index (κ3) is 3.32. The monoisotopic (exact) mass is 566 g/mol. The van der Waals surface area contributed by atoms with Crippen molar-refractivity contribution in [2.45, 2.75) is 109 Å². The van der Waals surface area contributed by atoms with Crippen molar-refractivity contribution in [1.82, 2.24) is 9.88 Å². The van der Waals surface area contributed by atoms with Gasteiger partial charge >= 0.3 is 5.97 Å². The molecular formula is C33H46N2O6. The number of esters is 1. The van der Waals surface area contributed by atoms with Gasteiger partial charge in [0.05, 0.1) is 18.3 Å². The molecule has 1 aromatic heterocycles. The van der Waals surface area contributed by atoms with Crippen LogP contribution in [0.15, 0.2) is 23.3 Å². The highest BCUT2D eigenvalue weighted by atomic mass is 16.7. The number of carbonyl (C=O) groups is 1. The molecule has 224 valence electrons. The van der Waals surface area contributed by atoms with Gasteiger partial charge in [0, 0.05) is 48.1 Å². The Morgan fingerprint density at radius 1 is 1.27 bits per heavy atom. The number of nitrogens with zero attached hydrogens (tertiary/aromatic N) is 1. The van der Waals surface area contributed by atoms with Gasteiger partial charge in [-0.05, 0) is 82.6 Å². The second kappa shape index (κ2) is 8.79. The van der Waals surface area contributed by atoms with Gasteiger partial charge in [-0.15, -0.1) is 0 Å². The molecule has 8 heteroatoms. The summed E-state index contributed by atoms with van der Waals surface area (Å²) in [6.45, 7) is 12.2. The lowest BCUT2D eigenvalue weighted by Gasteiger charge is -2.73. The molecule has 5 fully saturated rings. The van der Waals surface area contributed by atoms with Crippen molar-refractivity contribution in [3.63, 3.8) is 0 Å². The molecule has 0 radical (unpaired) electrons. The summed E-state index contributed by atoms with van der Waals surface area (Å²) in [5.41, 5.74) is 2.85. The van der Waals surface area contributed by atoms with Gasteiger partial charge in [-0.25, -0.2) is 4.79 Å². The Bertz CT molecular complexity index is 1370. The van der Waals surface area contributed by atoms with Crippen molar-refractivity contribution in [3.05, 3.63) is 45.8 Å². The van der Waals surface area contributed by atoms with E-state index < -0.39 is 34.6 Å². The molecule has 4 unspecified atom stereocenters. The molecule has 4 bridgehead atoms. The molecule has 4 aliphatic carbocycles. The van der Waals surface area contributed by atoms with Gasteiger partial charge in [0.2, 0.25) is 0 Å². The molecule has 0 amide bonds. The van der Waals surface area contributed by atoms with Crippen LogP contribution in [-0.4, -0.2) is 82.0 Å². The smallest absolute Gasteiger partial charge is 0.340 e. The van der Waals surface area contributed by atoms with Crippen LogP contribution in [-0.2, 0) is 20.6 Å². The number of hydrogen-bond donors (Lipinski definition) is 3. The highest BCUT2D eigenvalue weighted by Gasteiger charge is 2.79. The maximum absolute atomic E-state index is 13.6. The summed E-state index contributed by atoms with van der Waals surface area (Å²) in [6.07, 6.45) is 7.89. The van der Waals surface area contributed by atoms with Crippen LogP contribution in [0.3, 0.4) is 0 Å². The van der Waals surface area contributed by atoms with E-state index in [2.05, 4.69) is 42.9 Å². The van der Waals surface area contributed by atoms with Crippen molar-refractivity contribution in [2.75, 3.05) is 26.7 Å². The van der Waals surface area contributed by atoms with E-state index in [1.807, 2.05) is 20.8 Å². The zero-order chi connectivity index (χ0) is 29.2. The molecule has 3 N–H and O–H groups in total. The topological polar surface area (TPSA) is 104 Å². The normalized spacial score (nSPS) is 43.8. The number of likely N-dealkylation sites (N-methyl/N-ethyl adjacent to an activating group) is 1. The molecule has 8 atom stereocenters. The first-order chi connectivity index (χ1) is 19.4. The van der Waals surface area contributed by atoms with Crippen LogP contribution in [0.5, 0.6) is 0 Å². The molecule has 8 rings (SSSR count). The van der Waals surface area contributed by atoms with Crippen molar-refractivity contribution in [2.24, 2.45) is 16.7 Å². The number of allylic oxidation sites excluding steroid dienone is 1. The molecule has 1 aromatic rings. The zero-order valence-electron chi connectivity index (χ0n) is 25.4. The first kappa shape index (κ1) is 27.8. The van der Waals surface area contributed by atoms with E-state index in [1.165, 1.54) is 0 Å². The lowest BCUT2D eigenvalue weighted by molar-refractivity contribution is -0.401. The molecular weight excluding hydrogens is 520 g/mol. The minimum atomic E-state index is -1.22. The predicted octanol–water partition coefficient (Wildman–Crippen LogP) is 4.12. The Labute approximate surface area is 243 Å². The fourth-order valence-corrected chi connectivity index (χ4v) is 10.4. The number of carbonyl (C=O) groups excluding carboxylic acids is 1. The number of aromatic amines is 1. The first-order valence-electron chi connectivity index (χ1n) is 15.6. The van der Waals surface area contributed by atoms with E-state index in [0.717, 1.165) is 53.9 Å². The van der Waals surface area contributed by atoms with Crippen molar-refractivity contribution in [1.29, 1.82) is 0 Å². The number of aliphatic hydroxyl groups is 2. The number of rotatable bonds is 4. The van der Waals surface area contributed by atoms with E-state index >= 15 is 0 Å². The van der Waals surface area contributed by atoms with E-state index in [-0.39, 0.29) is 17.3 Å². The number of aromatic nitrogens is 1. The highest BCUT2D eigenvalue weighted by molar-refractivity contribution is 5.93. The van der Waals surface area contributed by atoms with Gasteiger partial charge in [0.25, 0.3) is 0 Å². The number of nitrogens with one attached hydrogen (secondary N) is 1. The largest absolute Gasteiger partial charge is 0.454 e. The maximum Gasteiger partial charge on any atom is 0.340 e. The molecule has 2 saturated carbocycles. The highest BCUT2D eigenvalue weighted by Crippen LogP contribution is 2.74. The van der Waals surface area contributed by atoms with Gasteiger partial charge in [-0.3, -0.25) is 0 Å². The molecule has 41 heavy (non-hydrogen) atoms. The SMILES string of the molecule is CCc1[nH]c(C)c(C(=O)OC(C)C2=CC[C@@]34OCCN(C)CC23CC(O)C23O[C@@]5(O)CC[C@@]2(C)[C@H](CC=C34)C5)c1C. The Morgan fingerprint density at radius 3 is 2.78 bits per heavy atom. The van der Waals surface area contributed by atoms with E-state index in [9.17, 15) is 15.0 Å². The maximum atomic E-state index is 13.6. The van der Waals surface area contributed by atoms with Gasteiger partial charge in [0.15, 0.2) is 5.79 Å². The number of aryl methyl sites for hydroxylation is 2. The Hall–Kier alpha value is -1.97. The third-order valence-electron chi connectivity index (χ3n) is 12.3. The van der Waals surface area contributed by atoms with Gasteiger partial charge in [-0.2, -0.15) is 0 Å². The summed E-state index contributed by atoms with van der Waals surface area (Å²) in [5.74, 6) is -1.29. The van der Waals surface area contributed by atoms with Crippen LogP contribution in [0.25, 0.3) is 0 Å². The number of ether oxygens (including phenoxy) is 3. The Kier molecular flexibility index (Phi) is 5.97. The molecule has 4 heterocycles. The fraction of sp³-hybridized carbons (Fsp3) is 0.727. The summed E-state index contributed by atoms with van der Waals surface area (Å²) in [4.78, 5) is 19.2. The van der Waals surface area contributed by atoms with Gasteiger partial charge in [0.1, 0.15) is 17.3 Å². The lowest BCUT2D eigenvalue weighted by Crippen LogP contribution is -2.79. The van der Waals surface area contributed by atoms with Crippen LogP contribution >= 0.6 is 0 Å². The van der Waals surface area contributed by atoms with E-state index in [4.69, 9.17) is 14.2 Å². The summed E-state index contributed by atoms with van der Waals surface area (Å²) in [5, 5.41) is 23.9. The number of hydrogen-bond acceptors (Lipinski definition) is 7. The minimum Gasteiger partial charge on any atom is -0.454 e. The number of H-pyrrole nitrogens is 1. The summed E-state index contributed by atoms with van der Waals surface area (Å²) >= 11 is 0. The predicted molar refractivity (Wildman–Crippen MR) is 153 cm³/mol. The second-order valence-corrected chi connectivity index (χ2v) is 14.2. The summed E-state index contributed by atoms with van der Waals surface area (Å²) in [6, 6.07) is 0. The number of aliphatic hydroxyl groups excluding tert-OH is 1. The number of fused-ring (bicyclic) bond motifs is 1. The summed E-state index contributed by atoms with van der Waals surface area (Å²) in [7, 11) is 2.10. The molecule has 3 saturated heterocycles. The van der Waals surface area contributed by atoms with Crippen LogP contribution in [0.2, 0.25) is 0 Å². The fourth-order valence-electron chi connectivity index (χ4n) is 10.4.